The molecule has 0 bridgehead atoms. The molecule has 1 aromatic carbocycles. The lowest BCUT2D eigenvalue weighted by Crippen LogP contribution is -2.15. The number of rotatable bonds is 5. The van der Waals surface area contributed by atoms with Crippen LogP contribution in [0.1, 0.15) is 6.92 Å². The fourth-order valence-electron chi connectivity index (χ4n) is 1.68. The predicted octanol–water partition coefficient (Wildman–Crippen LogP) is 1.99. The molecule has 0 saturated heterocycles. The average Bonchev–Trinajstić information content (AvgIpc) is 2.44. The molecular weight excluding hydrogens is 246 g/mol. The molecule has 19 heavy (non-hydrogen) atoms. The van der Waals surface area contributed by atoms with E-state index in [9.17, 15) is 4.79 Å². The van der Waals surface area contributed by atoms with Gasteiger partial charge in [-0.3, -0.25) is 0 Å². The van der Waals surface area contributed by atoms with Gasteiger partial charge in [-0.25, -0.2) is 4.79 Å². The maximum atomic E-state index is 11.1. The first-order chi connectivity index (χ1) is 9.29. The van der Waals surface area contributed by atoms with Crippen LogP contribution in [0.3, 0.4) is 0 Å². The van der Waals surface area contributed by atoms with E-state index in [2.05, 4.69) is 5.32 Å². The number of hydrogen-bond donors (Lipinski definition) is 1. The van der Waals surface area contributed by atoms with Crippen LogP contribution in [-0.4, -0.2) is 32.3 Å². The summed E-state index contributed by atoms with van der Waals surface area (Å²) >= 11 is 0. The summed E-state index contributed by atoms with van der Waals surface area (Å²) in [4.78, 5) is 11.1. The third kappa shape index (κ3) is 3.91. The first-order valence-corrected chi connectivity index (χ1v) is 6.26. The largest absolute Gasteiger partial charge is 0.486 e. The van der Waals surface area contributed by atoms with Crippen LogP contribution < -0.4 is 14.8 Å². The van der Waals surface area contributed by atoms with E-state index in [-0.39, 0.29) is 5.97 Å². The van der Waals surface area contributed by atoms with Gasteiger partial charge in [-0.1, -0.05) is 6.08 Å². The van der Waals surface area contributed by atoms with E-state index in [1.165, 1.54) is 6.08 Å². The zero-order valence-corrected chi connectivity index (χ0v) is 10.8. The molecule has 0 aliphatic carbocycles. The Morgan fingerprint density at radius 3 is 2.95 bits per heavy atom. The highest BCUT2D eigenvalue weighted by molar-refractivity contribution is 5.81. The van der Waals surface area contributed by atoms with Crippen molar-refractivity contribution in [3.8, 4) is 11.5 Å². The topological polar surface area (TPSA) is 56.8 Å². The van der Waals surface area contributed by atoms with Crippen molar-refractivity contribution in [3.05, 3.63) is 30.4 Å². The van der Waals surface area contributed by atoms with Crippen molar-refractivity contribution < 1.29 is 19.0 Å². The van der Waals surface area contributed by atoms with Gasteiger partial charge in [-0.2, -0.15) is 0 Å². The summed E-state index contributed by atoms with van der Waals surface area (Å²) in [5, 5.41) is 3.16. The van der Waals surface area contributed by atoms with E-state index in [4.69, 9.17) is 14.2 Å². The van der Waals surface area contributed by atoms with E-state index in [1.807, 2.05) is 18.2 Å². The maximum absolute atomic E-state index is 11.1. The second kappa shape index (κ2) is 6.68. The number of carbonyl (C=O) groups excluding carboxylic acids is 1. The van der Waals surface area contributed by atoms with Gasteiger partial charge in [0, 0.05) is 24.4 Å². The Morgan fingerprint density at radius 2 is 2.16 bits per heavy atom. The minimum absolute atomic E-state index is 0.327. The highest BCUT2D eigenvalue weighted by atomic mass is 16.6. The van der Waals surface area contributed by atoms with E-state index in [1.54, 1.807) is 13.0 Å². The summed E-state index contributed by atoms with van der Waals surface area (Å²) in [6.45, 7) is 3.86. The number of carbonyl (C=O) groups is 1. The second-order valence-corrected chi connectivity index (χ2v) is 3.89. The number of ether oxygens (including phenoxy) is 3. The van der Waals surface area contributed by atoms with Crippen LogP contribution >= 0.6 is 0 Å². The van der Waals surface area contributed by atoms with Gasteiger partial charge in [0.2, 0.25) is 0 Å². The zero-order valence-electron chi connectivity index (χ0n) is 10.8. The second-order valence-electron chi connectivity index (χ2n) is 3.89. The molecule has 1 aromatic rings. The van der Waals surface area contributed by atoms with Gasteiger partial charge in [0.25, 0.3) is 0 Å². The van der Waals surface area contributed by atoms with Gasteiger partial charge in [0.15, 0.2) is 11.5 Å². The van der Waals surface area contributed by atoms with Crippen LogP contribution in [0.2, 0.25) is 0 Å². The van der Waals surface area contributed by atoms with Crippen LogP contribution in [0, 0.1) is 0 Å². The summed E-state index contributed by atoms with van der Waals surface area (Å²) in [6.07, 6.45) is 3.13. The van der Waals surface area contributed by atoms with Crippen LogP contribution in [-0.2, 0) is 9.53 Å². The predicted molar refractivity (Wildman–Crippen MR) is 71.7 cm³/mol. The molecule has 0 amide bonds. The fourth-order valence-corrected chi connectivity index (χ4v) is 1.68. The first kappa shape index (κ1) is 13.3. The van der Waals surface area contributed by atoms with Gasteiger partial charge in [0.1, 0.15) is 13.2 Å². The summed E-state index contributed by atoms with van der Waals surface area (Å²) < 4.78 is 15.7. The van der Waals surface area contributed by atoms with Crippen LogP contribution in [0.25, 0.3) is 0 Å². The van der Waals surface area contributed by atoms with Crippen LogP contribution in [0.5, 0.6) is 11.5 Å². The quantitative estimate of drug-likeness (QED) is 0.650. The van der Waals surface area contributed by atoms with E-state index >= 15 is 0 Å². The number of anilines is 1. The normalized spacial score (nSPS) is 13.3. The molecule has 5 nitrogen and oxygen atoms in total. The Labute approximate surface area is 112 Å². The molecule has 5 heteroatoms. The molecule has 0 saturated carbocycles. The van der Waals surface area contributed by atoms with Crippen LogP contribution in [0.4, 0.5) is 5.69 Å². The van der Waals surface area contributed by atoms with Crippen molar-refractivity contribution in [3.63, 3.8) is 0 Å². The van der Waals surface area contributed by atoms with Crippen molar-refractivity contribution in [2.75, 3.05) is 31.7 Å². The molecule has 1 N–H and O–H groups in total. The SMILES string of the molecule is CCOC(=O)/C=C/CNc1ccc2c(c1)OCCO2. The molecule has 0 aromatic heterocycles. The van der Waals surface area contributed by atoms with Crippen molar-refractivity contribution in [2.24, 2.45) is 0 Å². The smallest absolute Gasteiger partial charge is 0.330 e. The highest BCUT2D eigenvalue weighted by Gasteiger charge is 2.11. The number of nitrogens with one attached hydrogen (secondary N) is 1. The van der Waals surface area contributed by atoms with Crippen molar-refractivity contribution in [1.29, 1.82) is 0 Å². The average molecular weight is 263 g/mol. The lowest BCUT2D eigenvalue weighted by Gasteiger charge is -2.19. The molecule has 1 aliphatic heterocycles. The van der Waals surface area contributed by atoms with Gasteiger partial charge < -0.3 is 19.5 Å². The molecule has 0 radical (unpaired) electrons. The van der Waals surface area contributed by atoms with Gasteiger partial charge in [-0.15, -0.1) is 0 Å². The molecule has 1 heterocycles. The Kier molecular flexibility index (Phi) is 4.66. The number of esters is 1. The number of fused-ring (bicyclic) bond motifs is 1. The van der Waals surface area contributed by atoms with Gasteiger partial charge in [-0.05, 0) is 19.1 Å². The molecule has 0 fully saturated rings. The minimum Gasteiger partial charge on any atom is -0.486 e. The Bertz CT molecular complexity index is 471. The van der Waals surface area contributed by atoms with Crippen LogP contribution in [0.15, 0.2) is 30.4 Å². The molecule has 0 unspecified atom stereocenters. The maximum Gasteiger partial charge on any atom is 0.330 e. The molecule has 0 atom stereocenters. The molecule has 1 aliphatic rings. The van der Waals surface area contributed by atoms with Crippen molar-refractivity contribution in [2.45, 2.75) is 6.92 Å². The molecule has 0 spiro atoms. The fraction of sp³-hybridized carbons (Fsp3) is 0.357. The Hall–Kier alpha value is -2.17. The van der Waals surface area contributed by atoms with E-state index in [0.717, 1.165) is 17.2 Å². The summed E-state index contributed by atoms with van der Waals surface area (Å²) in [6, 6.07) is 5.66. The number of benzene rings is 1. The summed E-state index contributed by atoms with van der Waals surface area (Å²) in [7, 11) is 0. The minimum atomic E-state index is -0.327. The molecule has 2 rings (SSSR count). The molecule has 102 valence electrons. The number of hydrogen-bond acceptors (Lipinski definition) is 5. The van der Waals surface area contributed by atoms with Crippen molar-refractivity contribution >= 4 is 11.7 Å². The summed E-state index contributed by atoms with van der Waals surface area (Å²) in [5.74, 6) is 1.18. The lowest BCUT2D eigenvalue weighted by molar-refractivity contribution is -0.137. The monoisotopic (exact) mass is 263 g/mol. The highest BCUT2D eigenvalue weighted by Crippen LogP contribution is 2.32. The standard InChI is InChI=1S/C14H17NO4/c1-2-17-14(16)4-3-7-15-11-5-6-12-13(10-11)19-9-8-18-12/h3-6,10,15H,2,7-9H2,1H3/b4-3+. The van der Waals surface area contributed by atoms with E-state index in [0.29, 0.717) is 26.4 Å². The first-order valence-electron chi connectivity index (χ1n) is 6.26. The molecular formula is C14H17NO4. The van der Waals surface area contributed by atoms with Gasteiger partial charge >= 0.3 is 5.97 Å². The Morgan fingerprint density at radius 1 is 1.37 bits per heavy atom. The summed E-state index contributed by atoms with van der Waals surface area (Å²) in [5.41, 5.74) is 0.915. The van der Waals surface area contributed by atoms with Crippen molar-refractivity contribution in [1.82, 2.24) is 0 Å². The lowest BCUT2D eigenvalue weighted by atomic mass is 10.2. The third-order valence-corrected chi connectivity index (χ3v) is 2.51. The Balaban J connectivity index is 1.85. The van der Waals surface area contributed by atoms with Gasteiger partial charge in [0.05, 0.1) is 6.61 Å². The third-order valence-electron chi connectivity index (χ3n) is 2.51. The zero-order chi connectivity index (χ0) is 13.5. The van der Waals surface area contributed by atoms with E-state index < -0.39 is 0 Å².